The lowest BCUT2D eigenvalue weighted by molar-refractivity contribution is 0.352. The van der Waals surface area contributed by atoms with Gasteiger partial charge in [0.15, 0.2) is 0 Å². The zero-order valence-electron chi connectivity index (χ0n) is 7.34. The predicted octanol–water partition coefficient (Wildman–Crippen LogP) is 2.44. The third-order valence-corrected chi connectivity index (χ3v) is 2.08. The average Bonchev–Trinajstić information content (AvgIpc) is 1.87. The number of hydrogen-bond acceptors (Lipinski definition) is 3. The van der Waals surface area contributed by atoms with E-state index in [0.29, 0.717) is 6.54 Å². The summed E-state index contributed by atoms with van der Waals surface area (Å²) >= 11 is 1.74. The third-order valence-electron chi connectivity index (χ3n) is 1.14. The van der Waals surface area contributed by atoms with Crippen LogP contribution in [0, 0.1) is 0 Å². The SMILES string of the molecule is C=C(O)CN(CCC)SCC. The van der Waals surface area contributed by atoms with Gasteiger partial charge in [0.25, 0.3) is 0 Å². The van der Waals surface area contributed by atoms with Gasteiger partial charge in [0.05, 0.1) is 6.54 Å². The van der Waals surface area contributed by atoms with Crippen molar-refractivity contribution in [2.75, 3.05) is 18.8 Å². The van der Waals surface area contributed by atoms with Crippen LogP contribution in [0.2, 0.25) is 0 Å². The van der Waals surface area contributed by atoms with E-state index in [9.17, 15) is 0 Å². The molecule has 0 unspecified atom stereocenters. The monoisotopic (exact) mass is 175 g/mol. The lowest BCUT2D eigenvalue weighted by Gasteiger charge is -2.18. The normalized spacial score (nSPS) is 10.5. The molecule has 0 aromatic rings. The van der Waals surface area contributed by atoms with Gasteiger partial charge < -0.3 is 5.11 Å². The largest absolute Gasteiger partial charge is 0.512 e. The molecule has 0 aliphatic carbocycles. The Balaban J connectivity index is 3.59. The third kappa shape index (κ3) is 6.26. The van der Waals surface area contributed by atoms with Gasteiger partial charge in [0, 0.05) is 12.3 Å². The smallest absolute Gasteiger partial charge is 0.100 e. The highest BCUT2D eigenvalue weighted by Crippen LogP contribution is 2.10. The highest BCUT2D eigenvalue weighted by molar-refractivity contribution is 7.96. The van der Waals surface area contributed by atoms with Crippen molar-refractivity contribution in [2.45, 2.75) is 20.3 Å². The van der Waals surface area contributed by atoms with Crippen LogP contribution in [0.15, 0.2) is 12.3 Å². The van der Waals surface area contributed by atoms with Crippen LogP contribution in [0.5, 0.6) is 0 Å². The minimum absolute atomic E-state index is 0.249. The van der Waals surface area contributed by atoms with Gasteiger partial charge in [-0.3, -0.25) is 0 Å². The van der Waals surface area contributed by atoms with E-state index in [-0.39, 0.29) is 5.76 Å². The molecule has 0 aliphatic rings. The summed E-state index contributed by atoms with van der Waals surface area (Å²) in [5, 5.41) is 8.93. The summed E-state index contributed by atoms with van der Waals surface area (Å²) in [5.41, 5.74) is 0. The fraction of sp³-hybridized carbons (Fsp3) is 0.750. The molecule has 0 radical (unpaired) electrons. The van der Waals surface area contributed by atoms with Gasteiger partial charge in [0.1, 0.15) is 5.76 Å². The standard InChI is InChI=1S/C8H17NOS/c1-4-6-9(11-5-2)7-8(3)10/h10H,3-7H2,1-2H3. The molecule has 0 atom stereocenters. The van der Waals surface area contributed by atoms with Crippen molar-refractivity contribution < 1.29 is 5.11 Å². The molecule has 0 bridgehead atoms. The lowest BCUT2D eigenvalue weighted by Crippen LogP contribution is -2.19. The molecular formula is C8H17NOS. The number of aliphatic hydroxyl groups excluding tert-OH is 1. The second-order valence-corrected chi connectivity index (χ2v) is 3.70. The van der Waals surface area contributed by atoms with Crippen LogP contribution in [-0.4, -0.2) is 28.3 Å². The first-order valence-corrected chi connectivity index (χ1v) is 4.89. The maximum atomic E-state index is 8.93. The van der Waals surface area contributed by atoms with E-state index in [1.165, 1.54) is 0 Å². The van der Waals surface area contributed by atoms with Crippen LogP contribution >= 0.6 is 11.9 Å². The van der Waals surface area contributed by atoms with E-state index in [1.54, 1.807) is 11.9 Å². The van der Waals surface area contributed by atoms with Crippen LogP contribution in [-0.2, 0) is 0 Å². The van der Waals surface area contributed by atoms with E-state index in [0.717, 1.165) is 18.7 Å². The molecule has 0 aromatic heterocycles. The minimum atomic E-state index is 0.249. The summed E-state index contributed by atoms with van der Waals surface area (Å²) in [4.78, 5) is 0. The van der Waals surface area contributed by atoms with Crippen molar-refractivity contribution >= 4 is 11.9 Å². The van der Waals surface area contributed by atoms with Crippen molar-refractivity contribution in [3.05, 3.63) is 12.3 Å². The second kappa shape index (κ2) is 6.55. The summed E-state index contributed by atoms with van der Waals surface area (Å²) in [7, 11) is 0. The fourth-order valence-corrected chi connectivity index (χ4v) is 1.74. The molecule has 1 N–H and O–H groups in total. The minimum Gasteiger partial charge on any atom is -0.512 e. The highest BCUT2D eigenvalue weighted by atomic mass is 32.2. The molecule has 0 fully saturated rings. The maximum absolute atomic E-state index is 8.93. The molecule has 0 heterocycles. The maximum Gasteiger partial charge on any atom is 0.100 e. The quantitative estimate of drug-likeness (QED) is 0.495. The van der Waals surface area contributed by atoms with Gasteiger partial charge in [-0.25, -0.2) is 4.31 Å². The first kappa shape index (κ1) is 10.8. The molecule has 11 heavy (non-hydrogen) atoms. The Kier molecular flexibility index (Phi) is 6.46. The predicted molar refractivity (Wildman–Crippen MR) is 51.8 cm³/mol. The molecular weight excluding hydrogens is 158 g/mol. The Labute approximate surface area is 73.4 Å². The van der Waals surface area contributed by atoms with E-state index >= 15 is 0 Å². The number of hydrogen-bond donors (Lipinski definition) is 1. The summed E-state index contributed by atoms with van der Waals surface area (Å²) in [5.74, 6) is 1.30. The van der Waals surface area contributed by atoms with E-state index in [2.05, 4.69) is 24.7 Å². The van der Waals surface area contributed by atoms with E-state index in [4.69, 9.17) is 5.11 Å². The molecule has 0 saturated carbocycles. The lowest BCUT2D eigenvalue weighted by atomic mass is 10.4. The molecule has 3 heteroatoms. The first-order valence-electron chi connectivity index (χ1n) is 3.95. The molecule has 0 spiro atoms. The van der Waals surface area contributed by atoms with Crippen molar-refractivity contribution in [1.29, 1.82) is 0 Å². The van der Waals surface area contributed by atoms with Crippen LogP contribution in [0.4, 0.5) is 0 Å². The molecule has 0 aliphatic heterocycles. The van der Waals surface area contributed by atoms with Gasteiger partial charge in [-0.15, -0.1) is 0 Å². The molecule has 2 nitrogen and oxygen atoms in total. The fourth-order valence-electron chi connectivity index (χ4n) is 0.825. The zero-order valence-corrected chi connectivity index (χ0v) is 8.15. The average molecular weight is 175 g/mol. The topological polar surface area (TPSA) is 23.5 Å². The Hall–Kier alpha value is -0.150. The van der Waals surface area contributed by atoms with Gasteiger partial charge in [-0.2, -0.15) is 0 Å². The zero-order chi connectivity index (χ0) is 8.69. The summed E-state index contributed by atoms with van der Waals surface area (Å²) < 4.78 is 2.13. The van der Waals surface area contributed by atoms with Gasteiger partial charge in [-0.05, 0) is 6.42 Å². The number of nitrogens with zero attached hydrogens (tertiary/aromatic N) is 1. The van der Waals surface area contributed by atoms with Crippen LogP contribution in [0.3, 0.4) is 0 Å². The van der Waals surface area contributed by atoms with Crippen molar-refractivity contribution in [3.63, 3.8) is 0 Å². The van der Waals surface area contributed by atoms with Crippen molar-refractivity contribution in [2.24, 2.45) is 0 Å². The van der Waals surface area contributed by atoms with Crippen LogP contribution in [0.25, 0.3) is 0 Å². The Morgan fingerprint density at radius 2 is 2.18 bits per heavy atom. The van der Waals surface area contributed by atoms with E-state index in [1.807, 2.05) is 0 Å². The molecule has 0 saturated heterocycles. The second-order valence-electron chi connectivity index (χ2n) is 2.35. The number of aliphatic hydroxyl groups is 1. The summed E-state index contributed by atoms with van der Waals surface area (Å²) in [6, 6.07) is 0. The number of rotatable bonds is 6. The van der Waals surface area contributed by atoms with E-state index < -0.39 is 0 Å². The van der Waals surface area contributed by atoms with Crippen molar-refractivity contribution in [1.82, 2.24) is 4.31 Å². The highest BCUT2D eigenvalue weighted by Gasteiger charge is 2.03. The summed E-state index contributed by atoms with van der Waals surface area (Å²) in [6.07, 6.45) is 1.11. The molecule has 0 amide bonds. The first-order chi connectivity index (χ1) is 5.20. The molecule has 66 valence electrons. The van der Waals surface area contributed by atoms with Crippen molar-refractivity contribution in [3.8, 4) is 0 Å². The van der Waals surface area contributed by atoms with Gasteiger partial charge in [-0.1, -0.05) is 32.4 Å². The molecule has 0 rings (SSSR count). The van der Waals surface area contributed by atoms with Crippen LogP contribution in [0.1, 0.15) is 20.3 Å². The Morgan fingerprint density at radius 3 is 2.55 bits per heavy atom. The Morgan fingerprint density at radius 1 is 1.55 bits per heavy atom. The Bertz CT molecular complexity index is 111. The van der Waals surface area contributed by atoms with Gasteiger partial charge >= 0.3 is 0 Å². The van der Waals surface area contributed by atoms with Gasteiger partial charge in [0.2, 0.25) is 0 Å². The van der Waals surface area contributed by atoms with Crippen LogP contribution < -0.4 is 0 Å². The molecule has 0 aromatic carbocycles. The summed E-state index contributed by atoms with van der Waals surface area (Å²) in [6.45, 7) is 9.29.